The Hall–Kier alpha value is -2.28. The molecule has 22 heavy (non-hydrogen) atoms. The zero-order chi connectivity index (χ0) is 15.5. The van der Waals surface area contributed by atoms with Crippen LogP contribution in [0.15, 0.2) is 36.9 Å². The Morgan fingerprint density at radius 3 is 3.00 bits per heavy atom. The average Bonchev–Trinajstić information content (AvgIpc) is 3.16. The first-order valence-electron chi connectivity index (χ1n) is 7.05. The summed E-state index contributed by atoms with van der Waals surface area (Å²) in [4.78, 5) is 15.7. The fraction of sp³-hybridized carbons (Fsp3) is 0.333. The smallest absolute Gasteiger partial charge is 0.237 e. The van der Waals surface area contributed by atoms with Crippen LogP contribution in [0, 0.1) is 5.82 Å². The summed E-state index contributed by atoms with van der Waals surface area (Å²) in [5.74, 6) is -0.660. The van der Waals surface area contributed by atoms with Gasteiger partial charge in [0.15, 0.2) is 0 Å². The molecule has 7 heteroatoms. The molecule has 5 nitrogen and oxygen atoms in total. The number of alkyl halides is 1. The zero-order valence-corrected chi connectivity index (χ0v) is 11.8. The highest BCUT2D eigenvalue weighted by Crippen LogP contribution is 2.15. The second-order valence-electron chi connectivity index (χ2n) is 5.27. The normalized spacial score (nSPS) is 21.0. The van der Waals surface area contributed by atoms with Gasteiger partial charge >= 0.3 is 0 Å². The summed E-state index contributed by atoms with van der Waals surface area (Å²) in [5.41, 5.74) is 1.04. The van der Waals surface area contributed by atoms with Gasteiger partial charge in [-0.1, -0.05) is 6.07 Å². The number of carbonyl (C=O) groups excluding carboxylic acids is 1. The molecule has 3 rings (SSSR count). The second-order valence-corrected chi connectivity index (χ2v) is 5.27. The molecule has 0 aliphatic carbocycles. The van der Waals surface area contributed by atoms with E-state index >= 15 is 0 Å². The molecule has 1 saturated heterocycles. The van der Waals surface area contributed by atoms with Crippen LogP contribution < -0.4 is 10.6 Å². The third-order valence-electron chi connectivity index (χ3n) is 3.66. The van der Waals surface area contributed by atoms with Crippen molar-refractivity contribution in [3.05, 3.63) is 48.3 Å². The summed E-state index contributed by atoms with van der Waals surface area (Å²) in [6.07, 6.45) is 3.93. The summed E-state index contributed by atoms with van der Waals surface area (Å²) in [7, 11) is 0. The molecule has 0 saturated carbocycles. The minimum atomic E-state index is -0.984. The predicted molar refractivity (Wildman–Crippen MR) is 76.7 cm³/mol. The van der Waals surface area contributed by atoms with E-state index in [0.29, 0.717) is 11.3 Å². The van der Waals surface area contributed by atoms with Gasteiger partial charge in [0.1, 0.15) is 12.0 Å². The van der Waals surface area contributed by atoms with Gasteiger partial charge in [-0.2, -0.15) is 0 Å². The van der Waals surface area contributed by atoms with Crippen LogP contribution in [-0.4, -0.2) is 34.2 Å². The van der Waals surface area contributed by atoms with E-state index in [9.17, 15) is 13.6 Å². The summed E-state index contributed by atoms with van der Waals surface area (Å²) in [6.45, 7) is 0.404. The lowest BCUT2D eigenvalue weighted by Crippen LogP contribution is -2.40. The Kier molecular flexibility index (Phi) is 4.15. The monoisotopic (exact) mass is 306 g/mol. The lowest BCUT2D eigenvalue weighted by Gasteiger charge is -2.12. The maximum atomic E-state index is 14.1. The minimum absolute atomic E-state index is 0.180. The van der Waals surface area contributed by atoms with Crippen molar-refractivity contribution >= 4 is 5.91 Å². The van der Waals surface area contributed by atoms with Gasteiger partial charge in [-0.25, -0.2) is 13.8 Å². The first-order valence-corrected chi connectivity index (χ1v) is 7.05. The van der Waals surface area contributed by atoms with E-state index in [2.05, 4.69) is 15.6 Å². The molecule has 1 amide bonds. The van der Waals surface area contributed by atoms with Gasteiger partial charge in [0.05, 0.1) is 18.1 Å². The molecule has 0 unspecified atom stereocenters. The van der Waals surface area contributed by atoms with Crippen LogP contribution in [0.25, 0.3) is 5.69 Å². The fourth-order valence-electron chi connectivity index (χ4n) is 2.48. The van der Waals surface area contributed by atoms with Crippen molar-refractivity contribution in [3.8, 4) is 5.69 Å². The van der Waals surface area contributed by atoms with E-state index in [1.54, 1.807) is 29.1 Å². The average molecular weight is 306 g/mol. The highest BCUT2D eigenvalue weighted by Gasteiger charge is 2.28. The summed E-state index contributed by atoms with van der Waals surface area (Å²) >= 11 is 0. The summed E-state index contributed by atoms with van der Waals surface area (Å²) < 4.78 is 28.7. The molecule has 2 aromatic rings. The molecule has 1 aromatic carbocycles. The first kappa shape index (κ1) is 14.6. The second kappa shape index (κ2) is 6.23. The van der Waals surface area contributed by atoms with E-state index in [1.165, 1.54) is 12.4 Å². The van der Waals surface area contributed by atoms with Crippen molar-refractivity contribution in [1.82, 2.24) is 20.2 Å². The number of rotatable bonds is 4. The zero-order valence-electron chi connectivity index (χ0n) is 11.8. The van der Waals surface area contributed by atoms with E-state index < -0.39 is 18.0 Å². The number of nitrogens with one attached hydrogen (secondary N) is 2. The van der Waals surface area contributed by atoms with Crippen LogP contribution >= 0.6 is 0 Å². The first-order chi connectivity index (χ1) is 10.6. The molecule has 2 N–H and O–H groups in total. The van der Waals surface area contributed by atoms with Gasteiger partial charge in [-0.15, -0.1) is 0 Å². The molecule has 0 radical (unpaired) electrons. The molecule has 0 spiro atoms. The van der Waals surface area contributed by atoms with Gasteiger partial charge in [-0.3, -0.25) is 4.79 Å². The number of hydrogen-bond acceptors (Lipinski definition) is 3. The highest BCUT2D eigenvalue weighted by atomic mass is 19.1. The Morgan fingerprint density at radius 1 is 1.50 bits per heavy atom. The van der Waals surface area contributed by atoms with Crippen LogP contribution in [0.3, 0.4) is 0 Å². The number of nitrogens with zero attached hydrogens (tertiary/aromatic N) is 2. The Labute approximate surface area is 126 Å². The molecule has 1 aliphatic heterocycles. The molecule has 2 heterocycles. The van der Waals surface area contributed by atoms with Gasteiger partial charge in [0.25, 0.3) is 0 Å². The topological polar surface area (TPSA) is 59.0 Å². The summed E-state index contributed by atoms with van der Waals surface area (Å²) in [6, 6.07) is 4.23. The number of carbonyl (C=O) groups is 1. The predicted octanol–water partition coefficient (Wildman–Crippen LogP) is 1.33. The SMILES string of the molecule is O=C(NCc1ccc(-n2ccnc2)c(F)c1)[C@H]1C[C@H](F)CN1. The van der Waals surface area contributed by atoms with Crippen molar-refractivity contribution in [2.45, 2.75) is 25.2 Å². The van der Waals surface area contributed by atoms with Gasteiger partial charge in [0.2, 0.25) is 5.91 Å². The van der Waals surface area contributed by atoms with E-state index in [-0.39, 0.29) is 25.4 Å². The number of benzene rings is 1. The van der Waals surface area contributed by atoms with E-state index in [0.717, 1.165) is 0 Å². The number of hydrogen-bond donors (Lipinski definition) is 2. The van der Waals surface area contributed by atoms with E-state index in [1.807, 2.05) is 0 Å². The van der Waals surface area contributed by atoms with E-state index in [4.69, 9.17) is 0 Å². The maximum absolute atomic E-state index is 14.1. The Balaban J connectivity index is 1.61. The van der Waals surface area contributed by atoms with Crippen molar-refractivity contribution < 1.29 is 13.6 Å². The number of halogens is 2. The van der Waals surface area contributed by atoms with Crippen molar-refractivity contribution in [1.29, 1.82) is 0 Å². The fourth-order valence-corrected chi connectivity index (χ4v) is 2.48. The summed E-state index contributed by atoms with van der Waals surface area (Å²) in [5, 5.41) is 5.50. The number of amides is 1. The van der Waals surface area contributed by atoms with Crippen molar-refractivity contribution in [2.24, 2.45) is 0 Å². The molecular formula is C15H16F2N4O. The van der Waals surface area contributed by atoms with Crippen LogP contribution in [0.5, 0.6) is 0 Å². The van der Waals surface area contributed by atoms with Crippen LogP contribution in [0.2, 0.25) is 0 Å². The van der Waals surface area contributed by atoms with Crippen LogP contribution in [-0.2, 0) is 11.3 Å². The molecule has 1 fully saturated rings. The lowest BCUT2D eigenvalue weighted by molar-refractivity contribution is -0.123. The molecule has 0 bridgehead atoms. The third kappa shape index (κ3) is 3.14. The number of imidazole rings is 1. The minimum Gasteiger partial charge on any atom is -0.351 e. The van der Waals surface area contributed by atoms with Crippen molar-refractivity contribution in [3.63, 3.8) is 0 Å². The largest absolute Gasteiger partial charge is 0.351 e. The van der Waals surface area contributed by atoms with Crippen LogP contribution in [0.4, 0.5) is 8.78 Å². The Morgan fingerprint density at radius 2 is 2.36 bits per heavy atom. The van der Waals surface area contributed by atoms with Gasteiger partial charge in [0, 0.05) is 31.9 Å². The third-order valence-corrected chi connectivity index (χ3v) is 3.66. The standard InChI is InChI=1S/C15H16F2N4O/c16-11-6-13(19-8-11)15(22)20-7-10-1-2-14(12(17)5-10)21-4-3-18-9-21/h1-5,9,11,13,19H,6-8H2,(H,20,22)/t11-,13+/m0/s1. The molecule has 1 aromatic heterocycles. The highest BCUT2D eigenvalue weighted by molar-refractivity contribution is 5.82. The Bertz CT molecular complexity index is 660. The molecule has 1 aliphatic rings. The van der Waals surface area contributed by atoms with Crippen LogP contribution in [0.1, 0.15) is 12.0 Å². The quantitative estimate of drug-likeness (QED) is 0.896. The van der Waals surface area contributed by atoms with Gasteiger partial charge < -0.3 is 15.2 Å². The number of aromatic nitrogens is 2. The van der Waals surface area contributed by atoms with Crippen molar-refractivity contribution in [2.75, 3.05) is 6.54 Å². The van der Waals surface area contributed by atoms with Gasteiger partial charge in [-0.05, 0) is 17.7 Å². The maximum Gasteiger partial charge on any atom is 0.237 e. The molecular weight excluding hydrogens is 290 g/mol. The molecule has 116 valence electrons. The lowest BCUT2D eigenvalue weighted by atomic mass is 10.1. The molecule has 2 atom stereocenters.